The van der Waals surface area contributed by atoms with E-state index in [1.807, 2.05) is 0 Å². The van der Waals surface area contributed by atoms with Gasteiger partial charge in [0.25, 0.3) is 0 Å². The molecule has 0 aromatic heterocycles. The molecule has 1 aliphatic heterocycles. The molecule has 1 aliphatic rings. The summed E-state index contributed by atoms with van der Waals surface area (Å²) in [5, 5.41) is 10.9. The van der Waals surface area contributed by atoms with Gasteiger partial charge in [-0.1, -0.05) is 31.2 Å². The fourth-order valence-corrected chi connectivity index (χ4v) is 3.13. The number of hydrogen-bond acceptors (Lipinski definition) is 2. The lowest BCUT2D eigenvalue weighted by molar-refractivity contribution is 0.439. The van der Waals surface area contributed by atoms with Crippen molar-refractivity contribution in [2.24, 2.45) is 5.92 Å². The first-order valence-corrected chi connectivity index (χ1v) is 8.13. The van der Waals surface area contributed by atoms with Gasteiger partial charge in [0.15, 0.2) is 0 Å². The van der Waals surface area contributed by atoms with Gasteiger partial charge in [0.05, 0.1) is 0 Å². The van der Waals surface area contributed by atoms with Crippen LogP contribution in [0.2, 0.25) is 0 Å². The maximum atomic E-state index is 7.46. The van der Waals surface area contributed by atoms with Crippen molar-refractivity contribution < 1.29 is 0 Å². The highest BCUT2D eigenvalue weighted by atomic mass is 14.8. The number of benzene rings is 1. The van der Waals surface area contributed by atoms with Gasteiger partial charge in [0.2, 0.25) is 0 Å². The summed E-state index contributed by atoms with van der Waals surface area (Å²) >= 11 is 0. The van der Waals surface area contributed by atoms with E-state index in [0.717, 1.165) is 12.3 Å². The second kappa shape index (κ2) is 8.21. The highest BCUT2D eigenvalue weighted by molar-refractivity contribution is 5.64. The maximum Gasteiger partial charge on any atom is 0.0183 e. The van der Waals surface area contributed by atoms with Gasteiger partial charge in [-0.25, -0.2) is 0 Å². The number of aryl methyl sites for hydroxylation is 1. The Morgan fingerprint density at radius 3 is 2.75 bits per heavy atom. The van der Waals surface area contributed by atoms with Crippen molar-refractivity contribution in [3.8, 4) is 0 Å². The van der Waals surface area contributed by atoms with Gasteiger partial charge in [-0.3, -0.25) is 0 Å². The molecule has 0 saturated carbocycles. The molecular formula is C18H28N2. The zero-order valence-corrected chi connectivity index (χ0v) is 12.7. The third-order valence-corrected chi connectivity index (χ3v) is 4.59. The van der Waals surface area contributed by atoms with Crippen LogP contribution in [0.5, 0.6) is 0 Å². The van der Waals surface area contributed by atoms with Gasteiger partial charge >= 0.3 is 0 Å². The van der Waals surface area contributed by atoms with Crippen molar-refractivity contribution in [1.82, 2.24) is 5.32 Å². The Kier molecular flexibility index (Phi) is 6.25. The molecule has 110 valence electrons. The van der Waals surface area contributed by atoms with E-state index < -0.39 is 0 Å². The quantitative estimate of drug-likeness (QED) is 0.750. The van der Waals surface area contributed by atoms with Crippen LogP contribution in [0.15, 0.2) is 24.3 Å². The molecule has 0 radical (unpaired) electrons. The molecule has 2 heteroatoms. The molecule has 0 amide bonds. The zero-order chi connectivity index (χ0) is 14.2. The molecule has 0 spiro atoms. The third-order valence-electron chi connectivity index (χ3n) is 4.59. The van der Waals surface area contributed by atoms with Crippen LogP contribution >= 0.6 is 0 Å². The largest absolute Gasteiger partial charge is 0.317 e. The Morgan fingerprint density at radius 2 is 2.05 bits per heavy atom. The summed E-state index contributed by atoms with van der Waals surface area (Å²) in [5.41, 5.74) is 2.73. The van der Waals surface area contributed by atoms with E-state index in [9.17, 15) is 0 Å². The first-order valence-electron chi connectivity index (χ1n) is 8.13. The van der Waals surface area contributed by atoms with Gasteiger partial charge in [0.1, 0.15) is 0 Å². The predicted octanol–water partition coefficient (Wildman–Crippen LogP) is 4.15. The standard InChI is InChI=1S/C18H28N2/c1-2-17(14-19)18-9-7-16(8-10-18)6-5-15-4-3-12-20-13-11-15/h7-10,14-15,17,19-20H,2-6,11-13H2,1H3. The van der Waals surface area contributed by atoms with Gasteiger partial charge < -0.3 is 10.7 Å². The summed E-state index contributed by atoms with van der Waals surface area (Å²) in [6, 6.07) is 8.94. The van der Waals surface area contributed by atoms with Crippen molar-refractivity contribution in [2.75, 3.05) is 13.1 Å². The van der Waals surface area contributed by atoms with Crippen LogP contribution in [0, 0.1) is 11.3 Å². The van der Waals surface area contributed by atoms with E-state index in [1.54, 1.807) is 6.21 Å². The van der Waals surface area contributed by atoms with Crippen LogP contribution < -0.4 is 5.32 Å². The molecule has 1 saturated heterocycles. The molecule has 2 unspecified atom stereocenters. The van der Waals surface area contributed by atoms with Crippen molar-refractivity contribution in [2.45, 2.75) is 51.4 Å². The summed E-state index contributed by atoms with van der Waals surface area (Å²) in [6.45, 7) is 4.54. The summed E-state index contributed by atoms with van der Waals surface area (Å²) < 4.78 is 0. The van der Waals surface area contributed by atoms with Crippen LogP contribution in [0.1, 0.15) is 56.1 Å². The molecule has 1 fully saturated rings. The van der Waals surface area contributed by atoms with E-state index in [-0.39, 0.29) is 5.92 Å². The monoisotopic (exact) mass is 272 g/mol. The minimum atomic E-state index is 0.289. The Labute approximate surface area is 123 Å². The van der Waals surface area contributed by atoms with Gasteiger partial charge in [0, 0.05) is 12.1 Å². The van der Waals surface area contributed by atoms with Crippen LogP contribution in [-0.4, -0.2) is 19.3 Å². The van der Waals surface area contributed by atoms with Gasteiger partial charge in [-0.2, -0.15) is 0 Å². The fraction of sp³-hybridized carbons (Fsp3) is 0.611. The molecule has 1 aromatic carbocycles. The second-order valence-electron chi connectivity index (χ2n) is 6.01. The molecule has 0 aliphatic carbocycles. The van der Waals surface area contributed by atoms with E-state index in [0.29, 0.717) is 0 Å². The lowest BCUT2D eigenvalue weighted by Crippen LogP contribution is -2.14. The average molecular weight is 272 g/mol. The van der Waals surface area contributed by atoms with Crippen LogP contribution in [-0.2, 0) is 6.42 Å². The predicted molar refractivity (Wildman–Crippen MR) is 86.8 cm³/mol. The van der Waals surface area contributed by atoms with Crippen LogP contribution in [0.4, 0.5) is 0 Å². The highest BCUT2D eigenvalue weighted by Gasteiger charge is 2.12. The molecule has 0 bridgehead atoms. The highest BCUT2D eigenvalue weighted by Crippen LogP contribution is 2.22. The first-order chi connectivity index (χ1) is 9.83. The molecule has 2 rings (SSSR count). The molecule has 1 heterocycles. The molecule has 2 atom stereocenters. The minimum absolute atomic E-state index is 0.289. The summed E-state index contributed by atoms with van der Waals surface area (Å²) in [4.78, 5) is 0. The maximum absolute atomic E-state index is 7.46. The van der Waals surface area contributed by atoms with Crippen LogP contribution in [0.25, 0.3) is 0 Å². The lowest BCUT2D eigenvalue weighted by atomic mass is 9.91. The number of rotatable bonds is 6. The Balaban J connectivity index is 1.85. The van der Waals surface area contributed by atoms with Gasteiger partial charge in [-0.15, -0.1) is 0 Å². The summed E-state index contributed by atoms with van der Waals surface area (Å²) in [6.07, 6.45) is 9.16. The van der Waals surface area contributed by atoms with E-state index in [1.165, 1.54) is 56.3 Å². The molecule has 2 N–H and O–H groups in total. The molecule has 20 heavy (non-hydrogen) atoms. The number of hydrogen-bond donors (Lipinski definition) is 2. The lowest BCUT2D eigenvalue weighted by Gasteiger charge is -2.14. The van der Waals surface area contributed by atoms with Crippen LogP contribution in [0.3, 0.4) is 0 Å². The Bertz CT molecular complexity index is 388. The summed E-state index contributed by atoms with van der Waals surface area (Å²) in [5.74, 6) is 1.19. The van der Waals surface area contributed by atoms with E-state index in [2.05, 4.69) is 36.5 Å². The minimum Gasteiger partial charge on any atom is -0.317 e. The zero-order valence-electron chi connectivity index (χ0n) is 12.7. The second-order valence-corrected chi connectivity index (χ2v) is 6.01. The average Bonchev–Trinajstić information content (AvgIpc) is 2.76. The van der Waals surface area contributed by atoms with E-state index >= 15 is 0 Å². The number of nitrogens with one attached hydrogen (secondary N) is 2. The summed E-state index contributed by atoms with van der Waals surface area (Å²) in [7, 11) is 0. The molecule has 1 aromatic rings. The van der Waals surface area contributed by atoms with E-state index in [4.69, 9.17) is 5.41 Å². The third kappa shape index (κ3) is 4.45. The van der Waals surface area contributed by atoms with Crippen molar-refractivity contribution in [1.29, 1.82) is 5.41 Å². The van der Waals surface area contributed by atoms with Crippen molar-refractivity contribution in [3.05, 3.63) is 35.4 Å². The SMILES string of the molecule is CCC(C=N)c1ccc(CCC2CCCNCC2)cc1. The Hall–Kier alpha value is -1.15. The first kappa shape index (κ1) is 15.2. The van der Waals surface area contributed by atoms with Crippen molar-refractivity contribution >= 4 is 6.21 Å². The van der Waals surface area contributed by atoms with Gasteiger partial charge in [-0.05, 0) is 68.7 Å². The topological polar surface area (TPSA) is 35.9 Å². The molecule has 2 nitrogen and oxygen atoms in total. The molecular weight excluding hydrogens is 244 g/mol. The normalized spacial score (nSPS) is 21.1. The smallest absolute Gasteiger partial charge is 0.0183 e. The Morgan fingerprint density at radius 1 is 1.25 bits per heavy atom. The fourth-order valence-electron chi connectivity index (χ4n) is 3.13. The van der Waals surface area contributed by atoms with Crippen molar-refractivity contribution in [3.63, 3.8) is 0 Å².